The second kappa shape index (κ2) is 8.47. The summed E-state index contributed by atoms with van der Waals surface area (Å²) in [6.07, 6.45) is 8.15. The van der Waals surface area contributed by atoms with Crippen molar-refractivity contribution in [3.05, 3.63) is 59.2 Å². The molecule has 0 amide bonds. The summed E-state index contributed by atoms with van der Waals surface area (Å²) in [7, 11) is 0. The van der Waals surface area contributed by atoms with Crippen molar-refractivity contribution in [2.45, 2.75) is 81.5 Å². The fourth-order valence-electron chi connectivity index (χ4n) is 8.57. The van der Waals surface area contributed by atoms with Crippen LogP contribution in [0.1, 0.15) is 61.6 Å². The van der Waals surface area contributed by atoms with E-state index in [2.05, 4.69) is 41.3 Å². The Hall–Kier alpha value is -2.08. The van der Waals surface area contributed by atoms with Crippen molar-refractivity contribution >= 4 is 0 Å². The van der Waals surface area contributed by atoms with Gasteiger partial charge in [0.05, 0.1) is 12.7 Å². The van der Waals surface area contributed by atoms with E-state index in [1.807, 2.05) is 0 Å². The zero-order valence-corrected chi connectivity index (χ0v) is 21.1. The van der Waals surface area contributed by atoms with Crippen molar-refractivity contribution in [3.8, 4) is 11.5 Å². The molecule has 192 valence electrons. The lowest BCUT2D eigenvalue weighted by Gasteiger charge is -2.63. The van der Waals surface area contributed by atoms with E-state index >= 15 is 0 Å². The molecule has 6 atom stereocenters. The fourth-order valence-corrected chi connectivity index (χ4v) is 8.57. The van der Waals surface area contributed by atoms with Crippen LogP contribution in [-0.2, 0) is 18.3 Å². The highest BCUT2D eigenvalue weighted by Gasteiger charge is 2.70. The molecule has 5 nitrogen and oxygen atoms in total. The van der Waals surface area contributed by atoms with Crippen LogP contribution in [0.3, 0.4) is 0 Å². The first-order valence-electron chi connectivity index (χ1n) is 14.1. The second-order valence-corrected chi connectivity index (χ2v) is 12.5. The van der Waals surface area contributed by atoms with E-state index in [4.69, 9.17) is 4.74 Å². The molecule has 3 N–H and O–H groups in total. The highest BCUT2D eigenvalue weighted by molar-refractivity contribution is 5.61. The maximum atomic E-state index is 11.9. The second-order valence-electron chi connectivity index (χ2n) is 12.5. The van der Waals surface area contributed by atoms with Crippen LogP contribution in [0.5, 0.6) is 11.5 Å². The molecule has 4 unspecified atom stereocenters. The van der Waals surface area contributed by atoms with Gasteiger partial charge in [0.25, 0.3) is 0 Å². The average molecular weight is 490 g/mol. The molecular weight excluding hydrogens is 450 g/mol. The third kappa shape index (κ3) is 3.32. The quantitative estimate of drug-likeness (QED) is 0.485. The molecule has 1 spiro atoms. The zero-order valence-electron chi connectivity index (χ0n) is 21.1. The maximum absolute atomic E-state index is 11.9. The lowest BCUT2D eigenvalue weighted by atomic mass is 9.46. The topological polar surface area (TPSA) is 73.2 Å². The van der Waals surface area contributed by atoms with Gasteiger partial charge in [0.1, 0.15) is 6.10 Å². The molecule has 2 heterocycles. The third-order valence-electron chi connectivity index (χ3n) is 10.6. The fraction of sp³-hybridized carbons (Fsp3) is 0.613. The molecule has 7 rings (SSSR count). The van der Waals surface area contributed by atoms with Gasteiger partial charge in [-0.2, -0.15) is 0 Å². The summed E-state index contributed by atoms with van der Waals surface area (Å²) in [5, 5.41) is 33.6. The number of likely N-dealkylation sites (tertiary alicyclic amines) is 1. The van der Waals surface area contributed by atoms with Gasteiger partial charge in [-0.15, -0.1) is 0 Å². The van der Waals surface area contributed by atoms with Gasteiger partial charge in [-0.3, -0.25) is 4.90 Å². The van der Waals surface area contributed by atoms with Crippen LogP contribution < -0.4 is 4.74 Å². The van der Waals surface area contributed by atoms with Crippen LogP contribution in [0.4, 0.5) is 0 Å². The van der Waals surface area contributed by atoms with E-state index < -0.39 is 17.6 Å². The summed E-state index contributed by atoms with van der Waals surface area (Å²) in [6.45, 7) is 2.19. The zero-order chi connectivity index (χ0) is 24.5. The van der Waals surface area contributed by atoms with Crippen molar-refractivity contribution in [1.29, 1.82) is 0 Å². The first kappa shape index (κ1) is 23.1. The Kier molecular flexibility index (Phi) is 5.43. The first-order valence-corrected chi connectivity index (χ1v) is 14.1. The van der Waals surface area contributed by atoms with Gasteiger partial charge in [0, 0.05) is 29.0 Å². The predicted molar refractivity (Wildman–Crippen MR) is 138 cm³/mol. The number of aliphatic hydroxyl groups excluding tert-OH is 2. The molecule has 2 aromatic carbocycles. The van der Waals surface area contributed by atoms with Crippen molar-refractivity contribution in [1.82, 2.24) is 4.90 Å². The first-order chi connectivity index (χ1) is 17.6. The molecule has 5 heteroatoms. The molecule has 0 aromatic heterocycles. The van der Waals surface area contributed by atoms with Gasteiger partial charge in [-0.25, -0.2) is 0 Å². The Morgan fingerprint density at radius 3 is 2.67 bits per heavy atom. The molecule has 2 aromatic rings. The number of phenolic OH excluding ortho intramolecular Hbond substituents is 1. The van der Waals surface area contributed by atoms with Crippen LogP contribution >= 0.6 is 0 Å². The highest BCUT2D eigenvalue weighted by atomic mass is 16.5. The standard InChI is InChI=1S/C31H39NO4/c33-19-30(13-5-4-8-20-6-2-1-3-7-20)17-23-24-16-22-11-12-25(34)27-26(22)31(23,29(36-27)28(30)35)14-15-32(24)18-21-9-10-21/h1-3,6-7,11-12,21,23-24,28-29,33-35H,4-5,8-10,13-19H2/t23?,24?,28-,29?,30+,31?/m0/s1. The van der Waals surface area contributed by atoms with Gasteiger partial charge in [0.2, 0.25) is 0 Å². The number of ether oxygens (including phenoxy) is 1. The van der Waals surface area contributed by atoms with Gasteiger partial charge in [-0.1, -0.05) is 42.8 Å². The van der Waals surface area contributed by atoms with E-state index in [-0.39, 0.29) is 17.8 Å². The minimum atomic E-state index is -0.746. The molecule has 1 saturated heterocycles. The van der Waals surface area contributed by atoms with Gasteiger partial charge >= 0.3 is 0 Å². The third-order valence-corrected chi connectivity index (χ3v) is 10.6. The summed E-state index contributed by atoms with van der Waals surface area (Å²) < 4.78 is 6.55. The van der Waals surface area contributed by atoms with Crippen LogP contribution in [0.25, 0.3) is 0 Å². The molecular formula is C31H39NO4. The largest absolute Gasteiger partial charge is 0.504 e. The number of rotatable bonds is 8. The maximum Gasteiger partial charge on any atom is 0.165 e. The van der Waals surface area contributed by atoms with Gasteiger partial charge in [-0.05, 0) is 86.9 Å². The van der Waals surface area contributed by atoms with Gasteiger partial charge in [0.15, 0.2) is 11.5 Å². The summed E-state index contributed by atoms with van der Waals surface area (Å²) >= 11 is 0. The van der Waals surface area contributed by atoms with E-state index in [1.54, 1.807) is 6.07 Å². The monoisotopic (exact) mass is 489 g/mol. The average Bonchev–Trinajstić information content (AvgIpc) is 3.65. The number of aliphatic hydroxyl groups is 2. The SMILES string of the molecule is OC[C@@]1(CCCCc2ccccc2)CC2C3Cc4ccc(O)c5c4C2(CCN3CC2CC2)C(O5)[C@@H]1O. The van der Waals surface area contributed by atoms with Crippen molar-refractivity contribution in [3.63, 3.8) is 0 Å². The lowest BCUT2D eigenvalue weighted by molar-refractivity contribution is -0.181. The summed E-state index contributed by atoms with van der Waals surface area (Å²) in [5.74, 6) is 1.96. The van der Waals surface area contributed by atoms with Crippen molar-refractivity contribution in [2.75, 3.05) is 19.7 Å². The van der Waals surface area contributed by atoms with Crippen molar-refractivity contribution < 1.29 is 20.1 Å². The van der Waals surface area contributed by atoms with Crippen LogP contribution in [-0.4, -0.2) is 58.2 Å². The Labute approximate surface area is 214 Å². The molecule has 36 heavy (non-hydrogen) atoms. The Morgan fingerprint density at radius 2 is 1.89 bits per heavy atom. The minimum absolute atomic E-state index is 0.0174. The van der Waals surface area contributed by atoms with Crippen LogP contribution in [0.15, 0.2) is 42.5 Å². The molecule has 5 aliphatic rings. The van der Waals surface area contributed by atoms with E-state index in [0.29, 0.717) is 17.7 Å². The Balaban J connectivity index is 1.21. The van der Waals surface area contributed by atoms with Crippen LogP contribution in [0, 0.1) is 17.3 Å². The molecule has 2 saturated carbocycles. The molecule has 3 fully saturated rings. The number of aromatic hydroxyl groups is 1. The molecule has 2 bridgehead atoms. The number of nitrogens with zero attached hydrogens (tertiary/aromatic N) is 1. The van der Waals surface area contributed by atoms with Gasteiger partial charge < -0.3 is 20.1 Å². The van der Waals surface area contributed by atoms with E-state index in [0.717, 1.165) is 57.4 Å². The van der Waals surface area contributed by atoms with Crippen LogP contribution in [0.2, 0.25) is 0 Å². The summed E-state index contributed by atoms with van der Waals surface area (Å²) in [4.78, 5) is 2.73. The predicted octanol–water partition coefficient (Wildman–Crippen LogP) is 4.20. The number of aryl methyl sites for hydroxylation is 1. The highest BCUT2D eigenvalue weighted by Crippen LogP contribution is 2.67. The normalized spacial score (nSPS) is 36.4. The molecule has 0 radical (unpaired) electrons. The molecule has 2 aliphatic heterocycles. The Morgan fingerprint density at radius 1 is 1.06 bits per heavy atom. The number of phenols is 1. The van der Waals surface area contributed by atoms with Crippen molar-refractivity contribution in [2.24, 2.45) is 17.3 Å². The number of piperidine rings is 1. The number of benzene rings is 2. The summed E-state index contributed by atoms with van der Waals surface area (Å²) in [6, 6.07) is 14.9. The Bertz CT molecular complexity index is 1130. The van der Waals surface area contributed by atoms with E-state index in [1.165, 1.54) is 36.1 Å². The number of hydrogen-bond acceptors (Lipinski definition) is 5. The number of hydrogen-bond donors (Lipinski definition) is 3. The lowest BCUT2D eigenvalue weighted by Crippen LogP contribution is -2.71. The molecule has 3 aliphatic carbocycles. The van der Waals surface area contributed by atoms with E-state index in [9.17, 15) is 15.3 Å². The summed E-state index contributed by atoms with van der Waals surface area (Å²) in [5.41, 5.74) is 2.99. The number of unbranched alkanes of at least 4 members (excludes halogenated alkanes) is 1. The minimum Gasteiger partial charge on any atom is -0.504 e. The smallest absolute Gasteiger partial charge is 0.165 e.